The third-order valence-electron chi connectivity index (χ3n) is 10.9. The van der Waals surface area contributed by atoms with E-state index in [4.69, 9.17) is 23.7 Å². The molecule has 0 unspecified atom stereocenters. The van der Waals surface area contributed by atoms with Crippen LogP contribution in [0.5, 0.6) is 11.5 Å². The van der Waals surface area contributed by atoms with Crippen molar-refractivity contribution in [3.8, 4) is 11.5 Å². The zero-order valence-corrected chi connectivity index (χ0v) is 31.3. The largest absolute Gasteiger partial charge is 0.497 e. The molecule has 2 amide bonds. The van der Waals surface area contributed by atoms with E-state index in [0.717, 1.165) is 59.8 Å². The molecule has 0 aliphatic carbocycles. The lowest BCUT2D eigenvalue weighted by Crippen LogP contribution is -2.58. The van der Waals surface area contributed by atoms with Crippen molar-refractivity contribution in [2.75, 3.05) is 65.1 Å². The van der Waals surface area contributed by atoms with E-state index in [1.54, 1.807) is 19.1 Å². The Hall–Kier alpha value is -5.06. The number of hydrogen-bond donors (Lipinski definition) is 0. The Bertz CT molecular complexity index is 1820. The fraction of sp³-hybridized carbons (Fsp3) is 0.409. The van der Waals surface area contributed by atoms with Crippen molar-refractivity contribution in [2.24, 2.45) is 0 Å². The van der Waals surface area contributed by atoms with E-state index in [2.05, 4.69) is 23.1 Å². The van der Waals surface area contributed by atoms with E-state index < -0.39 is 18.2 Å². The Morgan fingerprint density at radius 3 is 2.35 bits per heavy atom. The number of hydrogen-bond acceptors (Lipinski definition) is 8. The summed E-state index contributed by atoms with van der Waals surface area (Å²) in [6, 6.07) is 33.4. The Labute approximate surface area is 318 Å². The topological polar surface area (TPSA) is 90.0 Å². The fourth-order valence-electron chi connectivity index (χ4n) is 7.99. The number of anilines is 1. The molecule has 4 aromatic carbocycles. The molecular weight excluding hydrogens is 682 g/mol. The summed E-state index contributed by atoms with van der Waals surface area (Å²) in [7, 11) is 3.37. The van der Waals surface area contributed by atoms with Gasteiger partial charge in [-0.3, -0.25) is 9.69 Å². The second kappa shape index (κ2) is 17.8. The fourth-order valence-corrected chi connectivity index (χ4v) is 7.99. The first kappa shape index (κ1) is 37.3. The van der Waals surface area contributed by atoms with Crippen LogP contribution in [0, 0.1) is 0 Å². The van der Waals surface area contributed by atoms with Crippen molar-refractivity contribution in [3.05, 3.63) is 125 Å². The van der Waals surface area contributed by atoms with Crippen LogP contribution in [0.4, 0.5) is 10.5 Å². The molecule has 4 atom stereocenters. The third kappa shape index (κ3) is 8.83. The molecule has 10 nitrogen and oxygen atoms in total. The van der Waals surface area contributed by atoms with E-state index >= 15 is 0 Å². The molecule has 54 heavy (non-hydrogen) atoms. The summed E-state index contributed by atoms with van der Waals surface area (Å²) in [4.78, 5) is 34.5. The molecule has 0 N–H and O–H groups in total. The molecule has 4 aromatic rings. The molecule has 0 bridgehead atoms. The molecule has 3 aliphatic heterocycles. The smallest absolute Gasteiger partial charge is 0.410 e. The third-order valence-corrected chi connectivity index (χ3v) is 10.9. The first-order valence-corrected chi connectivity index (χ1v) is 19.1. The Morgan fingerprint density at radius 2 is 1.59 bits per heavy atom. The number of rotatable bonds is 13. The van der Waals surface area contributed by atoms with E-state index in [9.17, 15) is 9.59 Å². The highest BCUT2D eigenvalue weighted by atomic mass is 16.6. The van der Waals surface area contributed by atoms with Gasteiger partial charge in [0.2, 0.25) is 5.91 Å². The minimum absolute atomic E-state index is 0.0506. The van der Waals surface area contributed by atoms with Crippen LogP contribution in [-0.4, -0.2) is 94.1 Å². The summed E-state index contributed by atoms with van der Waals surface area (Å²) in [6.07, 6.45) is 1.27. The monoisotopic (exact) mass is 733 g/mol. The Morgan fingerprint density at radius 1 is 0.815 bits per heavy atom. The number of likely N-dealkylation sites (tertiary alicyclic amines) is 2. The Balaban J connectivity index is 1.15. The van der Waals surface area contributed by atoms with Crippen molar-refractivity contribution >= 4 is 17.7 Å². The lowest BCUT2D eigenvalue weighted by atomic mass is 9.82. The number of methoxy groups -OCH3 is 2. The number of carbonyl (C=O) groups is 2. The highest BCUT2D eigenvalue weighted by molar-refractivity contribution is 5.86. The quantitative estimate of drug-likeness (QED) is 0.136. The van der Waals surface area contributed by atoms with Gasteiger partial charge in [-0.2, -0.15) is 0 Å². The minimum atomic E-state index is -0.712. The van der Waals surface area contributed by atoms with E-state index in [0.29, 0.717) is 39.3 Å². The van der Waals surface area contributed by atoms with Crippen LogP contribution in [0.3, 0.4) is 0 Å². The van der Waals surface area contributed by atoms with Crippen LogP contribution in [0.25, 0.3) is 0 Å². The second-order valence-corrected chi connectivity index (χ2v) is 14.3. The van der Waals surface area contributed by atoms with E-state index in [1.807, 2.05) is 89.8 Å². The van der Waals surface area contributed by atoms with Crippen LogP contribution in [0.2, 0.25) is 0 Å². The molecule has 2 saturated heterocycles. The zero-order valence-electron chi connectivity index (χ0n) is 31.3. The van der Waals surface area contributed by atoms with Crippen LogP contribution >= 0.6 is 0 Å². The number of ether oxygens (including phenoxy) is 5. The number of benzene rings is 4. The summed E-state index contributed by atoms with van der Waals surface area (Å²) in [5.41, 5.74) is 5.19. The minimum Gasteiger partial charge on any atom is -0.497 e. The van der Waals surface area contributed by atoms with Gasteiger partial charge in [0.05, 0.1) is 38.6 Å². The van der Waals surface area contributed by atoms with Crippen molar-refractivity contribution in [2.45, 2.75) is 56.5 Å². The van der Waals surface area contributed by atoms with Gasteiger partial charge in [0, 0.05) is 45.2 Å². The molecule has 0 saturated carbocycles. The molecule has 0 spiro atoms. The molecule has 3 aliphatic rings. The predicted octanol–water partition coefficient (Wildman–Crippen LogP) is 7.03. The molecule has 7 rings (SSSR count). The summed E-state index contributed by atoms with van der Waals surface area (Å²) < 4.78 is 29.5. The SMILES string of the molecule is COCCCN1CCOc2ccc(CO[C@H]3CN(C(=O)OCc4ccccc4)[C@@H](C(=O)N4CC[C@H](c5ccccc5)C4)C[C@@H]3c3ccc(OC)cc3)cc21. The van der Waals surface area contributed by atoms with Crippen molar-refractivity contribution in [1.29, 1.82) is 0 Å². The maximum Gasteiger partial charge on any atom is 0.410 e. The highest BCUT2D eigenvalue weighted by Crippen LogP contribution is 2.38. The van der Waals surface area contributed by atoms with Gasteiger partial charge in [0.15, 0.2) is 0 Å². The first-order chi connectivity index (χ1) is 26.5. The molecule has 0 radical (unpaired) electrons. The average Bonchev–Trinajstić information content (AvgIpc) is 3.73. The van der Waals surface area contributed by atoms with Gasteiger partial charge in [-0.1, -0.05) is 78.9 Å². The molecular formula is C44H51N3O7. The molecule has 3 heterocycles. The van der Waals surface area contributed by atoms with Crippen molar-refractivity contribution < 1.29 is 33.3 Å². The van der Waals surface area contributed by atoms with Gasteiger partial charge in [0.1, 0.15) is 30.8 Å². The Kier molecular flexibility index (Phi) is 12.3. The van der Waals surface area contributed by atoms with Crippen LogP contribution < -0.4 is 14.4 Å². The molecule has 2 fully saturated rings. The van der Waals surface area contributed by atoms with E-state index in [-0.39, 0.29) is 30.9 Å². The summed E-state index contributed by atoms with van der Waals surface area (Å²) >= 11 is 0. The van der Waals surface area contributed by atoms with Crippen LogP contribution in [0.1, 0.15) is 53.4 Å². The number of amides is 2. The van der Waals surface area contributed by atoms with Gasteiger partial charge in [-0.15, -0.1) is 0 Å². The second-order valence-electron chi connectivity index (χ2n) is 14.3. The van der Waals surface area contributed by atoms with Gasteiger partial charge >= 0.3 is 6.09 Å². The standard InChI is InChI=1S/C44H51N3O7/c1-50-24-9-21-45-23-25-52-41-19-14-33(26-39(41)45)31-53-42-29-47(44(49)54-30-32-10-5-3-6-11-32)40(27-38(42)35-15-17-37(51-2)18-16-35)43(48)46-22-20-36(28-46)34-12-7-4-8-13-34/h3-8,10-19,26,36,38,40,42H,9,20-25,27-31H2,1-2H3/t36-,38+,40+,42-/m0/s1. The van der Waals surface area contributed by atoms with Crippen LogP contribution in [0.15, 0.2) is 103 Å². The van der Waals surface area contributed by atoms with Crippen molar-refractivity contribution in [1.82, 2.24) is 9.80 Å². The van der Waals surface area contributed by atoms with Crippen molar-refractivity contribution in [3.63, 3.8) is 0 Å². The van der Waals surface area contributed by atoms with Gasteiger partial charge < -0.3 is 33.5 Å². The maximum atomic E-state index is 14.6. The lowest BCUT2D eigenvalue weighted by molar-refractivity contribution is -0.139. The average molecular weight is 734 g/mol. The van der Waals surface area contributed by atoms with E-state index in [1.165, 1.54) is 5.56 Å². The number of nitrogens with zero attached hydrogens (tertiary/aromatic N) is 3. The van der Waals surface area contributed by atoms with Crippen LogP contribution in [-0.2, 0) is 32.2 Å². The predicted molar refractivity (Wildman–Crippen MR) is 207 cm³/mol. The molecule has 0 aromatic heterocycles. The number of carbonyl (C=O) groups excluding carboxylic acids is 2. The molecule has 284 valence electrons. The maximum absolute atomic E-state index is 14.6. The summed E-state index contributed by atoms with van der Waals surface area (Å²) in [5, 5.41) is 0. The number of fused-ring (bicyclic) bond motifs is 1. The highest BCUT2D eigenvalue weighted by Gasteiger charge is 2.45. The van der Waals surface area contributed by atoms with Gasteiger partial charge in [-0.05, 0) is 65.8 Å². The van der Waals surface area contributed by atoms with Gasteiger partial charge in [0.25, 0.3) is 0 Å². The number of piperidine rings is 1. The lowest BCUT2D eigenvalue weighted by Gasteiger charge is -2.43. The zero-order chi connectivity index (χ0) is 37.3. The summed E-state index contributed by atoms with van der Waals surface area (Å²) in [6.45, 7) is 4.91. The van der Waals surface area contributed by atoms with Gasteiger partial charge in [-0.25, -0.2) is 4.79 Å². The summed E-state index contributed by atoms with van der Waals surface area (Å²) in [5.74, 6) is 1.65. The first-order valence-electron chi connectivity index (χ1n) is 19.1. The molecule has 10 heteroatoms. The normalized spacial score (nSPS) is 21.0.